The van der Waals surface area contributed by atoms with Crippen LogP contribution in [0.25, 0.3) is 0 Å². The summed E-state index contributed by atoms with van der Waals surface area (Å²) in [5.41, 5.74) is 9.95. The minimum Gasteiger partial charge on any atom is -0.375 e. The first kappa shape index (κ1) is 12.3. The van der Waals surface area contributed by atoms with E-state index in [2.05, 4.69) is 33.8 Å². The summed E-state index contributed by atoms with van der Waals surface area (Å²) in [7, 11) is 0. The van der Waals surface area contributed by atoms with Gasteiger partial charge in [-0.3, -0.25) is 5.43 Å². The Hall–Kier alpha value is -2.21. The quantitative estimate of drug-likeness (QED) is 0.490. The Balaban J connectivity index is 2.05. The standard InChI is InChI=1S/C12H13N5S/c13-12(18)16-15-7-10-2-1-3-11(6-10)8-17-5-4-14-9-17/h1-7,9H,8H2,(H3,13,16,18). The maximum Gasteiger partial charge on any atom is 0.184 e. The molecule has 0 fully saturated rings. The third kappa shape index (κ3) is 3.67. The Bertz CT molecular complexity index is 547. The Labute approximate surface area is 110 Å². The van der Waals surface area contributed by atoms with E-state index in [-0.39, 0.29) is 5.11 Å². The van der Waals surface area contributed by atoms with Gasteiger partial charge in [-0.05, 0) is 29.4 Å². The van der Waals surface area contributed by atoms with E-state index >= 15 is 0 Å². The normalized spacial score (nSPS) is 10.7. The highest BCUT2D eigenvalue weighted by molar-refractivity contribution is 7.80. The molecule has 5 nitrogen and oxygen atoms in total. The summed E-state index contributed by atoms with van der Waals surface area (Å²) >= 11 is 4.66. The van der Waals surface area contributed by atoms with Gasteiger partial charge in [-0.25, -0.2) is 4.98 Å². The second-order valence-corrected chi connectivity index (χ2v) is 4.15. The molecule has 0 bridgehead atoms. The molecular weight excluding hydrogens is 246 g/mol. The molecule has 0 aliphatic heterocycles. The molecule has 0 radical (unpaired) electrons. The molecule has 2 aromatic rings. The van der Waals surface area contributed by atoms with Crippen molar-refractivity contribution in [3.63, 3.8) is 0 Å². The van der Waals surface area contributed by atoms with Gasteiger partial charge >= 0.3 is 0 Å². The number of benzene rings is 1. The van der Waals surface area contributed by atoms with Crippen LogP contribution in [0.15, 0.2) is 48.1 Å². The molecule has 2 rings (SSSR count). The average Bonchev–Trinajstić information content (AvgIpc) is 2.82. The zero-order valence-electron chi connectivity index (χ0n) is 9.65. The van der Waals surface area contributed by atoms with E-state index in [0.29, 0.717) is 0 Å². The number of thiocarbonyl (C=S) groups is 1. The average molecular weight is 259 g/mol. The lowest BCUT2D eigenvalue weighted by Crippen LogP contribution is -2.23. The van der Waals surface area contributed by atoms with Crippen molar-refractivity contribution in [2.24, 2.45) is 10.8 Å². The van der Waals surface area contributed by atoms with Crippen molar-refractivity contribution in [1.29, 1.82) is 0 Å². The Morgan fingerprint density at radius 3 is 3.17 bits per heavy atom. The lowest BCUT2D eigenvalue weighted by atomic mass is 10.1. The van der Waals surface area contributed by atoms with Gasteiger partial charge in [-0.2, -0.15) is 5.10 Å². The van der Waals surface area contributed by atoms with E-state index in [1.807, 2.05) is 29.0 Å². The molecule has 0 aliphatic rings. The molecule has 0 unspecified atom stereocenters. The molecule has 0 aliphatic carbocycles. The van der Waals surface area contributed by atoms with E-state index in [1.165, 1.54) is 5.56 Å². The van der Waals surface area contributed by atoms with Crippen LogP contribution in [0.2, 0.25) is 0 Å². The number of hydrogen-bond acceptors (Lipinski definition) is 3. The predicted molar refractivity (Wildman–Crippen MR) is 75.3 cm³/mol. The minimum atomic E-state index is 0.154. The summed E-state index contributed by atoms with van der Waals surface area (Å²) in [4.78, 5) is 4.01. The summed E-state index contributed by atoms with van der Waals surface area (Å²) in [6, 6.07) is 8.04. The number of hydrazone groups is 1. The van der Waals surface area contributed by atoms with Crippen LogP contribution in [-0.2, 0) is 6.54 Å². The zero-order chi connectivity index (χ0) is 12.8. The highest BCUT2D eigenvalue weighted by Crippen LogP contribution is 2.05. The molecular formula is C12H13N5S. The Kier molecular flexibility index (Phi) is 4.03. The van der Waals surface area contributed by atoms with Crippen LogP contribution >= 0.6 is 12.2 Å². The van der Waals surface area contributed by atoms with Crippen molar-refractivity contribution >= 4 is 23.5 Å². The fourth-order valence-corrected chi connectivity index (χ4v) is 1.59. The highest BCUT2D eigenvalue weighted by atomic mass is 32.1. The molecule has 1 aromatic carbocycles. The molecule has 1 heterocycles. The lowest BCUT2D eigenvalue weighted by molar-refractivity contribution is 0.797. The van der Waals surface area contributed by atoms with Crippen LogP contribution in [0.3, 0.4) is 0 Å². The summed E-state index contributed by atoms with van der Waals surface area (Å²) < 4.78 is 2.00. The van der Waals surface area contributed by atoms with Gasteiger partial charge in [0.1, 0.15) is 0 Å². The van der Waals surface area contributed by atoms with E-state index in [1.54, 1.807) is 18.7 Å². The SMILES string of the molecule is NC(=S)NN=Cc1cccc(Cn2ccnc2)c1. The number of nitrogens with zero attached hydrogens (tertiary/aromatic N) is 3. The van der Waals surface area contributed by atoms with Crippen molar-refractivity contribution < 1.29 is 0 Å². The van der Waals surface area contributed by atoms with Crippen molar-refractivity contribution in [1.82, 2.24) is 15.0 Å². The first-order valence-electron chi connectivity index (χ1n) is 5.37. The van der Waals surface area contributed by atoms with Gasteiger partial charge in [0.05, 0.1) is 12.5 Å². The van der Waals surface area contributed by atoms with E-state index in [9.17, 15) is 0 Å². The number of nitrogens with two attached hydrogens (primary N) is 1. The topological polar surface area (TPSA) is 68.2 Å². The molecule has 0 amide bonds. The summed E-state index contributed by atoms with van der Waals surface area (Å²) in [6.45, 7) is 0.782. The Morgan fingerprint density at radius 2 is 2.44 bits per heavy atom. The number of imidazole rings is 1. The molecule has 0 saturated heterocycles. The Morgan fingerprint density at radius 1 is 1.56 bits per heavy atom. The second kappa shape index (κ2) is 5.92. The van der Waals surface area contributed by atoms with Crippen LogP contribution in [0.4, 0.5) is 0 Å². The molecule has 6 heteroatoms. The maximum atomic E-state index is 5.27. The zero-order valence-corrected chi connectivity index (χ0v) is 10.5. The third-order valence-electron chi connectivity index (χ3n) is 2.26. The fraction of sp³-hybridized carbons (Fsp3) is 0.0833. The lowest BCUT2D eigenvalue weighted by Gasteiger charge is -2.03. The molecule has 1 aromatic heterocycles. The van der Waals surface area contributed by atoms with Crippen molar-refractivity contribution in [2.75, 3.05) is 0 Å². The number of aromatic nitrogens is 2. The number of nitrogens with one attached hydrogen (secondary N) is 1. The van der Waals surface area contributed by atoms with Crippen LogP contribution in [0.5, 0.6) is 0 Å². The molecule has 92 valence electrons. The predicted octanol–water partition coefficient (Wildman–Crippen LogP) is 1.10. The minimum absolute atomic E-state index is 0.154. The fourth-order valence-electron chi connectivity index (χ4n) is 1.53. The van der Waals surface area contributed by atoms with Gasteiger partial charge in [0.2, 0.25) is 0 Å². The van der Waals surface area contributed by atoms with E-state index < -0.39 is 0 Å². The van der Waals surface area contributed by atoms with Crippen LogP contribution in [-0.4, -0.2) is 20.9 Å². The van der Waals surface area contributed by atoms with Gasteiger partial charge < -0.3 is 10.3 Å². The summed E-state index contributed by atoms with van der Waals surface area (Å²) in [6.07, 6.45) is 7.15. The van der Waals surface area contributed by atoms with E-state index in [0.717, 1.165) is 12.1 Å². The third-order valence-corrected chi connectivity index (χ3v) is 2.36. The first-order chi connectivity index (χ1) is 8.74. The van der Waals surface area contributed by atoms with Crippen LogP contribution in [0, 0.1) is 0 Å². The molecule has 0 saturated carbocycles. The first-order valence-corrected chi connectivity index (χ1v) is 5.78. The van der Waals surface area contributed by atoms with Crippen LogP contribution in [0.1, 0.15) is 11.1 Å². The van der Waals surface area contributed by atoms with Gasteiger partial charge in [0, 0.05) is 18.9 Å². The highest BCUT2D eigenvalue weighted by Gasteiger charge is 1.95. The van der Waals surface area contributed by atoms with Gasteiger partial charge in [0.25, 0.3) is 0 Å². The summed E-state index contributed by atoms with van der Waals surface area (Å²) in [5.74, 6) is 0. The molecule has 3 N–H and O–H groups in total. The maximum absolute atomic E-state index is 5.27. The molecule has 0 atom stereocenters. The van der Waals surface area contributed by atoms with Gasteiger partial charge in [-0.1, -0.05) is 18.2 Å². The van der Waals surface area contributed by atoms with Crippen molar-refractivity contribution in [3.05, 3.63) is 54.1 Å². The monoisotopic (exact) mass is 259 g/mol. The van der Waals surface area contributed by atoms with E-state index in [4.69, 9.17) is 5.73 Å². The van der Waals surface area contributed by atoms with Crippen LogP contribution < -0.4 is 11.2 Å². The second-order valence-electron chi connectivity index (χ2n) is 3.71. The molecule has 0 spiro atoms. The largest absolute Gasteiger partial charge is 0.375 e. The van der Waals surface area contributed by atoms with Crippen molar-refractivity contribution in [3.8, 4) is 0 Å². The van der Waals surface area contributed by atoms with Gasteiger partial charge in [0.15, 0.2) is 5.11 Å². The summed E-state index contributed by atoms with van der Waals surface area (Å²) in [5, 5.41) is 4.07. The van der Waals surface area contributed by atoms with Crippen molar-refractivity contribution in [2.45, 2.75) is 6.54 Å². The number of hydrogen-bond donors (Lipinski definition) is 2. The molecule has 18 heavy (non-hydrogen) atoms. The number of rotatable bonds is 4. The smallest absolute Gasteiger partial charge is 0.184 e. The van der Waals surface area contributed by atoms with Gasteiger partial charge in [-0.15, -0.1) is 0 Å².